The normalized spacial score (nSPS) is 17.9. The van der Waals surface area contributed by atoms with Gasteiger partial charge in [-0.25, -0.2) is 4.99 Å². The van der Waals surface area contributed by atoms with Gasteiger partial charge >= 0.3 is 0 Å². The van der Waals surface area contributed by atoms with E-state index in [2.05, 4.69) is 37.3 Å². The Morgan fingerprint density at radius 1 is 1.16 bits per heavy atom. The molecule has 1 saturated carbocycles. The van der Waals surface area contributed by atoms with Crippen LogP contribution in [0.25, 0.3) is 0 Å². The fourth-order valence-corrected chi connectivity index (χ4v) is 3.89. The largest absolute Gasteiger partial charge is 0.357 e. The summed E-state index contributed by atoms with van der Waals surface area (Å²) in [4.78, 5) is 4.69. The molecule has 3 rings (SSSR count). The molecule has 0 atom stereocenters. The Morgan fingerprint density at radius 3 is 2.80 bits per heavy atom. The van der Waals surface area contributed by atoms with Gasteiger partial charge in [0.15, 0.2) is 11.8 Å². The zero-order valence-electron chi connectivity index (χ0n) is 15.5. The highest BCUT2D eigenvalue weighted by atomic mass is 127. The number of nitrogens with zero attached hydrogens (tertiary/aromatic N) is 4. The van der Waals surface area contributed by atoms with Crippen molar-refractivity contribution < 1.29 is 0 Å². The molecule has 142 valence electrons. The van der Waals surface area contributed by atoms with E-state index in [4.69, 9.17) is 0 Å². The second kappa shape index (κ2) is 11.0. The lowest BCUT2D eigenvalue weighted by molar-refractivity contribution is 0.332. The molecule has 0 spiro atoms. The number of aryl methyl sites for hydroxylation is 1. The third-order valence-electron chi connectivity index (χ3n) is 5.22. The summed E-state index contributed by atoms with van der Waals surface area (Å²) in [6.07, 6.45) is 12.0. The SMILES string of the molecule is CCNC(=NCc1nnc2n1CCC2)NCCCC1CCCCC1.I. The van der Waals surface area contributed by atoms with E-state index in [1.54, 1.807) is 0 Å². The van der Waals surface area contributed by atoms with Crippen LogP contribution in [0.15, 0.2) is 4.99 Å². The number of aromatic nitrogens is 3. The first kappa shape index (κ1) is 20.5. The summed E-state index contributed by atoms with van der Waals surface area (Å²) in [5.74, 6) is 3.96. The summed E-state index contributed by atoms with van der Waals surface area (Å²) in [5.41, 5.74) is 0. The predicted octanol–water partition coefficient (Wildman–Crippen LogP) is 3.26. The average Bonchev–Trinajstić information content (AvgIpc) is 3.21. The highest BCUT2D eigenvalue weighted by Crippen LogP contribution is 2.26. The lowest BCUT2D eigenvalue weighted by Crippen LogP contribution is -2.38. The molecular formula is C18H33IN6. The molecule has 0 amide bonds. The highest BCUT2D eigenvalue weighted by Gasteiger charge is 2.17. The quantitative estimate of drug-likeness (QED) is 0.284. The average molecular weight is 460 g/mol. The van der Waals surface area contributed by atoms with Gasteiger partial charge in [-0.2, -0.15) is 0 Å². The van der Waals surface area contributed by atoms with Crippen molar-refractivity contribution >= 4 is 29.9 Å². The molecule has 0 saturated heterocycles. The van der Waals surface area contributed by atoms with Gasteiger partial charge in [0.05, 0.1) is 0 Å². The van der Waals surface area contributed by atoms with E-state index in [0.29, 0.717) is 6.54 Å². The van der Waals surface area contributed by atoms with Crippen LogP contribution in [-0.2, 0) is 19.5 Å². The van der Waals surface area contributed by atoms with Gasteiger partial charge < -0.3 is 15.2 Å². The van der Waals surface area contributed by atoms with E-state index < -0.39 is 0 Å². The third-order valence-corrected chi connectivity index (χ3v) is 5.22. The van der Waals surface area contributed by atoms with E-state index >= 15 is 0 Å². The molecule has 0 radical (unpaired) electrons. The molecule has 0 aromatic carbocycles. The van der Waals surface area contributed by atoms with Gasteiger partial charge in [-0.1, -0.05) is 32.1 Å². The molecule has 1 aliphatic heterocycles. The monoisotopic (exact) mass is 460 g/mol. The van der Waals surface area contributed by atoms with Crippen LogP contribution < -0.4 is 10.6 Å². The summed E-state index contributed by atoms with van der Waals surface area (Å²) < 4.78 is 2.22. The fourth-order valence-electron chi connectivity index (χ4n) is 3.89. The minimum atomic E-state index is 0. The smallest absolute Gasteiger partial charge is 0.191 e. The molecule has 2 N–H and O–H groups in total. The van der Waals surface area contributed by atoms with Crippen molar-refractivity contribution in [2.24, 2.45) is 10.9 Å². The molecule has 1 aromatic rings. The Hall–Kier alpha value is -0.860. The maximum atomic E-state index is 4.69. The maximum Gasteiger partial charge on any atom is 0.191 e. The zero-order valence-corrected chi connectivity index (χ0v) is 17.8. The number of aliphatic imine (C=N–C) groups is 1. The first-order chi connectivity index (χ1) is 11.9. The minimum absolute atomic E-state index is 0. The predicted molar refractivity (Wildman–Crippen MR) is 112 cm³/mol. The Kier molecular flexibility index (Phi) is 8.98. The Bertz CT molecular complexity index is 536. The first-order valence-corrected chi connectivity index (χ1v) is 9.80. The standard InChI is InChI=1S/C18H32N6.HI/c1-2-19-18(20-12-6-10-15-8-4-3-5-9-15)21-14-17-23-22-16-11-7-13-24(16)17;/h15H,2-14H2,1H3,(H2,19,20,21);1H. The fraction of sp³-hybridized carbons (Fsp3) is 0.833. The second-order valence-corrected chi connectivity index (χ2v) is 7.06. The number of hydrogen-bond donors (Lipinski definition) is 2. The molecule has 7 heteroatoms. The number of hydrogen-bond acceptors (Lipinski definition) is 3. The van der Waals surface area contributed by atoms with E-state index in [9.17, 15) is 0 Å². The Labute approximate surface area is 168 Å². The summed E-state index contributed by atoms with van der Waals surface area (Å²) >= 11 is 0. The van der Waals surface area contributed by atoms with Gasteiger partial charge in [0, 0.05) is 26.1 Å². The summed E-state index contributed by atoms with van der Waals surface area (Å²) in [6, 6.07) is 0. The van der Waals surface area contributed by atoms with Crippen LogP contribution in [0.5, 0.6) is 0 Å². The van der Waals surface area contributed by atoms with E-state index in [0.717, 1.165) is 49.6 Å². The third kappa shape index (κ3) is 6.11. The summed E-state index contributed by atoms with van der Waals surface area (Å²) in [7, 11) is 0. The Balaban J connectivity index is 0.00000225. The van der Waals surface area contributed by atoms with Crippen LogP contribution in [0.1, 0.15) is 69.9 Å². The topological polar surface area (TPSA) is 67.1 Å². The number of fused-ring (bicyclic) bond motifs is 1. The molecule has 6 nitrogen and oxygen atoms in total. The van der Waals surface area contributed by atoms with E-state index in [1.807, 2.05) is 0 Å². The molecule has 2 heterocycles. The summed E-state index contributed by atoms with van der Waals surface area (Å²) in [6.45, 7) is 5.63. The maximum absolute atomic E-state index is 4.69. The first-order valence-electron chi connectivity index (χ1n) is 9.80. The molecular weight excluding hydrogens is 427 g/mol. The van der Waals surface area contributed by atoms with Crippen molar-refractivity contribution in [3.63, 3.8) is 0 Å². The van der Waals surface area contributed by atoms with Gasteiger partial charge in [0.25, 0.3) is 0 Å². The molecule has 1 fully saturated rings. The number of rotatable bonds is 7. The van der Waals surface area contributed by atoms with Gasteiger partial charge in [0.1, 0.15) is 12.4 Å². The van der Waals surface area contributed by atoms with Crippen molar-refractivity contribution in [1.29, 1.82) is 0 Å². The highest BCUT2D eigenvalue weighted by molar-refractivity contribution is 14.0. The van der Waals surface area contributed by atoms with Crippen LogP contribution >= 0.6 is 24.0 Å². The van der Waals surface area contributed by atoms with Crippen molar-refractivity contribution in [2.45, 2.75) is 77.8 Å². The zero-order chi connectivity index (χ0) is 16.6. The van der Waals surface area contributed by atoms with E-state index in [-0.39, 0.29) is 24.0 Å². The number of halogens is 1. The molecule has 2 aliphatic rings. The van der Waals surface area contributed by atoms with Gasteiger partial charge in [-0.15, -0.1) is 34.2 Å². The Morgan fingerprint density at radius 2 is 2.00 bits per heavy atom. The number of guanidine groups is 1. The molecule has 1 aromatic heterocycles. The van der Waals surface area contributed by atoms with Gasteiger partial charge in [0.2, 0.25) is 0 Å². The van der Waals surface area contributed by atoms with Crippen molar-refractivity contribution in [2.75, 3.05) is 13.1 Å². The number of nitrogens with one attached hydrogen (secondary N) is 2. The minimum Gasteiger partial charge on any atom is -0.357 e. The summed E-state index contributed by atoms with van der Waals surface area (Å²) in [5, 5.41) is 15.3. The van der Waals surface area contributed by atoms with Crippen LogP contribution in [-0.4, -0.2) is 33.8 Å². The molecule has 0 bridgehead atoms. The molecule has 0 unspecified atom stereocenters. The van der Waals surface area contributed by atoms with Crippen LogP contribution in [0.3, 0.4) is 0 Å². The lowest BCUT2D eigenvalue weighted by atomic mass is 9.86. The van der Waals surface area contributed by atoms with Crippen molar-refractivity contribution in [1.82, 2.24) is 25.4 Å². The molecule has 1 aliphatic carbocycles. The van der Waals surface area contributed by atoms with Gasteiger partial charge in [-0.3, -0.25) is 0 Å². The van der Waals surface area contributed by atoms with Crippen LogP contribution in [0.2, 0.25) is 0 Å². The van der Waals surface area contributed by atoms with E-state index in [1.165, 1.54) is 51.4 Å². The molecule has 25 heavy (non-hydrogen) atoms. The van der Waals surface area contributed by atoms with Gasteiger partial charge in [-0.05, 0) is 32.1 Å². The van der Waals surface area contributed by atoms with Crippen LogP contribution in [0, 0.1) is 5.92 Å². The lowest BCUT2D eigenvalue weighted by Gasteiger charge is -2.21. The van der Waals surface area contributed by atoms with Crippen LogP contribution in [0.4, 0.5) is 0 Å². The van der Waals surface area contributed by atoms with Crippen molar-refractivity contribution in [3.8, 4) is 0 Å². The van der Waals surface area contributed by atoms with Crippen molar-refractivity contribution in [3.05, 3.63) is 11.6 Å². The second-order valence-electron chi connectivity index (χ2n) is 7.06.